The van der Waals surface area contributed by atoms with Crippen molar-refractivity contribution in [1.29, 1.82) is 0 Å². The van der Waals surface area contributed by atoms with Crippen LogP contribution in [0.1, 0.15) is 29.2 Å². The molecular formula is C22H29N11. The molecule has 33 heavy (non-hydrogen) atoms. The van der Waals surface area contributed by atoms with Crippen molar-refractivity contribution in [1.82, 2.24) is 45.3 Å². The molecule has 0 fully saturated rings. The molecule has 1 unspecified atom stereocenters. The molecule has 0 aliphatic rings. The molecule has 2 aromatic carbocycles. The Morgan fingerprint density at radius 3 is 1.70 bits per heavy atom. The summed E-state index contributed by atoms with van der Waals surface area (Å²) in [4.78, 5) is 2.20. The molecule has 0 saturated heterocycles. The van der Waals surface area contributed by atoms with E-state index >= 15 is 0 Å². The van der Waals surface area contributed by atoms with E-state index in [4.69, 9.17) is 11.5 Å². The smallest absolute Gasteiger partial charge is 0.165 e. The lowest BCUT2D eigenvalue weighted by Crippen LogP contribution is -2.35. The van der Waals surface area contributed by atoms with Gasteiger partial charge >= 0.3 is 0 Å². The summed E-state index contributed by atoms with van der Waals surface area (Å²) in [6.07, 6.45) is 0.747. The van der Waals surface area contributed by atoms with Gasteiger partial charge in [0.2, 0.25) is 0 Å². The summed E-state index contributed by atoms with van der Waals surface area (Å²) in [5.74, 6) is 1.53. The van der Waals surface area contributed by atoms with Gasteiger partial charge in [-0.05, 0) is 38.4 Å². The first-order valence-corrected chi connectivity index (χ1v) is 11.0. The van der Waals surface area contributed by atoms with E-state index in [-0.39, 0.29) is 6.04 Å². The lowest BCUT2D eigenvalue weighted by atomic mass is 10.2. The third-order valence-corrected chi connectivity index (χ3v) is 5.41. The molecule has 0 saturated carbocycles. The predicted molar refractivity (Wildman–Crippen MR) is 122 cm³/mol. The number of hydrogen-bond acceptors (Lipinski definition) is 9. The minimum Gasteiger partial charge on any atom is -0.329 e. The Bertz CT molecular complexity index is 1010. The molecule has 0 bridgehead atoms. The van der Waals surface area contributed by atoms with Gasteiger partial charge in [0.1, 0.15) is 0 Å². The molecule has 0 amide bonds. The highest BCUT2D eigenvalue weighted by Gasteiger charge is 2.18. The van der Waals surface area contributed by atoms with E-state index in [9.17, 15) is 0 Å². The summed E-state index contributed by atoms with van der Waals surface area (Å²) in [5, 5.41) is 24.7. The fraction of sp³-hybridized carbons (Fsp3) is 0.364. The molecule has 0 aliphatic carbocycles. The van der Waals surface area contributed by atoms with E-state index in [1.54, 1.807) is 0 Å². The van der Waals surface area contributed by atoms with E-state index < -0.39 is 0 Å². The maximum Gasteiger partial charge on any atom is 0.165 e. The Kier molecular flexibility index (Phi) is 7.80. The Hall–Kier alpha value is -3.54. The molecule has 0 aliphatic heterocycles. The molecule has 4 aromatic rings. The van der Waals surface area contributed by atoms with Crippen LogP contribution in [0.3, 0.4) is 0 Å². The molecule has 1 atom stereocenters. The third kappa shape index (κ3) is 6.48. The first kappa shape index (κ1) is 22.6. The highest BCUT2D eigenvalue weighted by Crippen LogP contribution is 2.11. The maximum absolute atomic E-state index is 6.09. The second-order valence-electron chi connectivity index (χ2n) is 7.97. The number of nitrogens with zero attached hydrogens (tertiary/aromatic N) is 9. The molecule has 4 rings (SSSR count). The molecule has 2 heterocycles. The summed E-state index contributed by atoms with van der Waals surface area (Å²) >= 11 is 0. The van der Waals surface area contributed by atoms with Gasteiger partial charge in [0.05, 0.1) is 26.2 Å². The van der Waals surface area contributed by atoms with Crippen molar-refractivity contribution in [2.45, 2.75) is 38.6 Å². The zero-order chi connectivity index (χ0) is 22.9. The number of rotatable bonds is 12. The maximum atomic E-state index is 6.09. The van der Waals surface area contributed by atoms with Gasteiger partial charge in [-0.2, -0.15) is 0 Å². The van der Waals surface area contributed by atoms with E-state index in [2.05, 4.69) is 60.2 Å². The first-order chi connectivity index (χ1) is 16.2. The summed E-state index contributed by atoms with van der Waals surface area (Å²) in [7, 11) is 0. The SMILES string of the molecule is NCC(N)CCN(Cc1nnnn1Cc1ccccc1)Cc1nnnn1Cc1ccccc1. The van der Waals surface area contributed by atoms with Crippen molar-refractivity contribution in [3.05, 3.63) is 83.4 Å². The molecule has 0 radical (unpaired) electrons. The van der Waals surface area contributed by atoms with Crippen LogP contribution in [0.2, 0.25) is 0 Å². The van der Waals surface area contributed by atoms with Gasteiger partial charge in [0, 0.05) is 19.1 Å². The van der Waals surface area contributed by atoms with Gasteiger partial charge in [-0.15, -0.1) is 10.2 Å². The van der Waals surface area contributed by atoms with Crippen LogP contribution in [0, 0.1) is 0 Å². The van der Waals surface area contributed by atoms with Crippen molar-refractivity contribution in [3.8, 4) is 0 Å². The monoisotopic (exact) mass is 447 g/mol. The van der Waals surface area contributed by atoms with Crippen molar-refractivity contribution in [3.63, 3.8) is 0 Å². The standard InChI is InChI=1S/C22H29N11/c23-13-20(24)11-12-31(16-21-25-27-29-32(21)14-18-7-3-1-4-8-18)17-22-26-28-30-33(22)15-19-9-5-2-6-10-19/h1-10,20H,11-17,23-24H2. The molecule has 2 aromatic heterocycles. The van der Waals surface area contributed by atoms with Gasteiger partial charge in [-0.3, -0.25) is 4.90 Å². The van der Waals surface area contributed by atoms with Crippen LogP contribution in [0.25, 0.3) is 0 Å². The van der Waals surface area contributed by atoms with Crippen LogP contribution >= 0.6 is 0 Å². The van der Waals surface area contributed by atoms with Crippen LogP contribution in [-0.2, 0) is 26.2 Å². The second-order valence-corrected chi connectivity index (χ2v) is 7.97. The van der Waals surface area contributed by atoms with E-state index in [0.717, 1.165) is 35.7 Å². The lowest BCUT2D eigenvalue weighted by Gasteiger charge is -2.22. The number of tetrazole rings is 2. The van der Waals surface area contributed by atoms with Gasteiger partial charge in [-0.1, -0.05) is 60.7 Å². The highest BCUT2D eigenvalue weighted by atomic mass is 15.6. The summed E-state index contributed by atoms with van der Waals surface area (Å²) in [5.41, 5.74) is 14.1. The van der Waals surface area contributed by atoms with Gasteiger partial charge in [0.15, 0.2) is 11.6 Å². The lowest BCUT2D eigenvalue weighted by molar-refractivity contribution is 0.227. The highest BCUT2D eigenvalue weighted by molar-refractivity contribution is 5.15. The molecule has 11 nitrogen and oxygen atoms in total. The van der Waals surface area contributed by atoms with Gasteiger partial charge in [-0.25, -0.2) is 9.36 Å². The quantitative estimate of drug-likeness (QED) is 0.316. The van der Waals surface area contributed by atoms with Gasteiger partial charge < -0.3 is 11.5 Å². The average Bonchev–Trinajstić information content (AvgIpc) is 3.47. The van der Waals surface area contributed by atoms with E-state index in [1.807, 2.05) is 45.8 Å². The minimum atomic E-state index is -0.0758. The van der Waals surface area contributed by atoms with Crippen molar-refractivity contribution >= 4 is 0 Å². The molecule has 0 spiro atoms. The Labute approximate surface area is 192 Å². The summed E-state index contributed by atoms with van der Waals surface area (Å²) in [6, 6.07) is 20.2. The predicted octanol–water partition coefficient (Wildman–Crippen LogP) is 0.435. The molecule has 172 valence electrons. The van der Waals surface area contributed by atoms with Gasteiger partial charge in [0.25, 0.3) is 0 Å². The van der Waals surface area contributed by atoms with Crippen LogP contribution < -0.4 is 11.5 Å². The largest absolute Gasteiger partial charge is 0.329 e. The van der Waals surface area contributed by atoms with Crippen LogP contribution in [-0.4, -0.2) is 64.4 Å². The number of hydrogen-bond donors (Lipinski definition) is 2. The average molecular weight is 448 g/mol. The Morgan fingerprint density at radius 1 is 0.758 bits per heavy atom. The summed E-state index contributed by atoms with van der Waals surface area (Å²) < 4.78 is 3.64. The van der Waals surface area contributed by atoms with Crippen LogP contribution in [0.5, 0.6) is 0 Å². The van der Waals surface area contributed by atoms with Crippen LogP contribution in [0.15, 0.2) is 60.7 Å². The fourth-order valence-electron chi connectivity index (χ4n) is 3.51. The fourth-order valence-corrected chi connectivity index (χ4v) is 3.51. The van der Waals surface area contributed by atoms with Crippen LogP contribution in [0.4, 0.5) is 0 Å². The van der Waals surface area contributed by atoms with Crippen molar-refractivity contribution < 1.29 is 0 Å². The topological polar surface area (TPSA) is 142 Å². The Balaban J connectivity index is 1.49. The molecular weight excluding hydrogens is 418 g/mol. The number of aromatic nitrogens is 8. The van der Waals surface area contributed by atoms with Crippen molar-refractivity contribution in [2.24, 2.45) is 11.5 Å². The first-order valence-electron chi connectivity index (χ1n) is 11.0. The zero-order valence-corrected chi connectivity index (χ0v) is 18.5. The zero-order valence-electron chi connectivity index (χ0n) is 18.5. The normalized spacial score (nSPS) is 12.3. The summed E-state index contributed by atoms with van der Waals surface area (Å²) in [6.45, 7) is 3.43. The molecule has 4 N–H and O–H groups in total. The minimum absolute atomic E-state index is 0.0758. The molecule has 11 heteroatoms. The number of nitrogens with two attached hydrogens (primary N) is 2. The van der Waals surface area contributed by atoms with E-state index in [0.29, 0.717) is 32.7 Å². The second kappa shape index (κ2) is 11.4. The van der Waals surface area contributed by atoms with E-state index in [1.165, 1.54) is 0 Å². The Morgan fingerprint density at radius 2 is 1.24 bits per heavy atom. The van der Waals surface area contributed by atoms with Crippen molar-refractivity contribution in [2.75, 3.05) is 13.1 Å². The number of benzene rings is 2. The third-order valence-electron chi connectivity index (χ3n) is 5.41.